The third-order valence-corrected chi connectivity index (χ3v) is 3.89. The van der Waals surface area contributed by atoms with E-state index in [-0.39, 0.29) is 6.04 Å². The van der Waals surface area contributed by atoms with Gasteiger partial charge in [0, 0.05) is 17.8 Å². The molecule has 0 saturated heterocycles. The Morgan fingerprint density at radius 2 is 1.76 bits per heavy atom. The van der Waals surface area contributed by atoms with E-state index >= 15 is 0 Å². The van der Waals surface area contributed by atoms with E-state index in [0.717, 1.165) is 0 Å². The second-order valence-electron chi connectivity index (χ2n) is 5.59. The monoisotopic (exact) mass is 276 g/mol. The average molecular weight is 276 g/mol. The number of fused-ring (bicyclic) bond motifs is 1. The smallest absolute Gasteiger partial charge is 0.0581 e. The molecular formula is C19H20N2. The number of pyridine rings is 1. The van der Waals surface area contributed by atoms with Gasteiger partial charge in [0.2, 0.25) is 0 Å². The summed E-state index contributed by atoms with van der Waals surface area (Å²) in [4.78, 5) is 4.29. The van der Waals surface area contributed by atoms with Crippen molar-refractivity contribution >= 4 is 10.8 Å². The van der Waals surface area contributed by atoms with E-state index in [1.165, 1.54) is 33.0 Å². The highest BCUT2D eigenvalue weighted by molar-refractivity contribution is 5.85. The number of hydrogen-bond donors (Lipinski definition) is 1. The third-order valence-electron chi connectivity index (χ3n) is 3.89. The van der Waals surface area contributed by atoms with Crippen molar-refractivity contribution in [1.82, 2.24) is 10.3 Å². The summed E-state index contributed by atoms with van der Waals surface area (Å²) in [5, 5.41) is 5.89. The number of aryl methyl sites for hydroxylation is 2. The fraction of sp³-hybridized carbons (Fsp3) is 0.211. The van der Waals surface area contributed by atoms with Crippen LogP contribution < -0.4 is 5.32 Å². The van der Waals surface area contributed by atoms with Crippen molar-refractivity contribution in [2.45, 2.75) is 19.9 Å². The van der Waals surface area contributed by atoms with Crippen LogP contribution in [0, 0.1) is 13.8 Å². The van der Waals surface area contributed by atoms with Gasteiger partial charge in [0.25, 0.3) is 0 Å². The summed E-state index contributed by atoms with van der Waals surface area (Å²) in [5.74, 6) is 0. The lowest BCUT2D eigenvalue weighted by Gasteiger charge is -2.20. The Hall–Kier alpha value is -2.19. The maximum absolute atomic E-state index is 4.29. The van der Waals surface area contributed by atoms with Crippen LogP contribution in [0.15, 0.2) is 54.9 Å². The average Bonchev–Trinajstić information content (AvgIpc) is 2.47. The summed E-state index contributed by atoms with van der Waals surface area (Å²) in [5.41, 5.74) is 5.16. The van der Waals surface area contributed by atoms with Gasteiger partial charge in [-0.2, -0.15) is 0 Å². The molecule has 2 nitrogen and oxygen atoms in total. The first-order valence-electron chi connectivity index (χ1n) is 7.27. The molecular weight excluding hydrogens is 256 g/mol. The van der Waals surface area contributed by atoms with Gasteiger partial charge in [0.15, 0.2) is 0 Å². The maximum Gasteiger partial charge on any atom is 0.0581 e. The van der Waals surface area contributed by atoms with Gasteiger partial charge in [0.05, 0.1) is 6.04 Å². The molecule has 0 fully saturated rings. The quantitative estimate of drug-likeness (QED) is 0.777. The Morgan fingerprint density at radius 3 is 2.48 bits per heavy atom. The minimum absolute atomic E-state index is 0.177. The van der Waals surface area contributed by atoms with Gasteiger partial charge in [-0.25, -0.2) is 0 Å². The highest BCUT2D eigenvalue weighted by Crippen LogP contribution is 2.29. The zero-order valence-corrected chi connectivity index (χ0v) is 12.7. The summed E-state index contributed by atoms with van der Waals surface area (Å²) in [7, 11) is 2.01. The number of nitrogens with zero attached hydrogens (tertiary/aromatic N) is 1. The van der Waals surface area contributed by atoms with E-state index < -0.39 is 0 Å². The topological polar surface area (TPSA) is 24.9 Å². The van der Waals surface area contributed by atoms with Crippen molar-refractivity contribution in [2.24, 2.45) is 0 Å². The lowest BCUT2D eigenvalue weighted by Crippen LogP contribution is -2.18. The van der Waals surface area contributed by atoms with Crippen LogP contribution >= 0.6 is 0 Å². The van der Waals surface area contributed by atoms with Crippen LogP contribution in [0.5, 0.6) is 0 Å². The van der Waals surface area contributed by atoms with Crippen LogP contribution in [0.2, 0.25) is 0 Å². The van der Waals surface area contributed by atoms with Gasteiger partial charge in [-0.05, 0) is 43.5 Å². The molecule has 0 aliphatic heterocycles. The van der Waals surface area contributed by atoms with E-state index in [4.69, 9.17) is 0 Å². The maximum atomic E-state index is 4.29. The predicted molar refractivity (Wildman–Crippen MR) is 88.6 cm³/mol. The zero-order chi connectivity index (χ0) is 14.8. The van der Waals surface area contributed by atoms with E-state index in [0.29, 0.717) is 0 Å². The van der Waals surface area contributed by atoms with Crippen LogP contribution in [-0.2, 0) is 0 Å². The molecule has 0 spiro atoms. The molecule has 0 bridgehead atoms. The molecule has 1 N–H and O–H groups in total. The summed E-state index contributed by atoms with van der Waals surface area (Å²) >= 11 is 0. The minimum Gasteiger partial charge on any atom is -0.309 e. The van der Waals surface area contributed by atoms with Crippen molar-refractivity contribution in [1.29, 1.82) is 0 Å². The molecule has 106 valence electrons. The van der Waals surface area contributed by atoms with E-state index in [9.17, 15) is 0 Å². The van der Waals surface area contributed by atoms with Gasteiger partial charge in [0.1, 0.15) is 0 Å². The summed E-state index contributed by atoms with van der Waals surface area (Å²) in [6, 6.07) is 15.4. The number of nitrogens with one attached hydrogen (secondary N) is 1. The predicted octanol–water partition coefficient (Wildman–Crippen LogP) is 4.16. The van der Waals surface area contributed by atoms with Crippen molar-refractivity contribution in [3.8, 4) is 0 Å². The molecule has 0 saturated carbocycles. The first-order valence-corrected chi connectivity index (χ1v) is 7.27. The van der Waals surface area contributed by atoms with Gasteiger partial charge in [-0.15, -0.1) is 0 Å². The molecule has 0 aliphatic carbocycles. The molecule has 1 aromatic heterocycles. The summed E-state index contributed by atoms with van der Waals surface area (Å²) in [6.45, 7) is 4.29. The van der Waals surface area contributed by atoms with Crippen LogP contribution in [0.4, 0.5) is 0 Å². The van der Waals surface area contributed by atoms with Gasteiger partial charge in [-0.3, -0.25) is 4.98 Å². The fourth-order valence-electron chi connectivity index (χ4n) is 3.07. The van der Waals surface area contributed by atoms with Crippen LogP contribution in [0.3, 0.4) is 0 Å². The van der Waals surface area contributed by atoms with Crippen LogP contribution in [0.25, 0.3) is 10.8 Å². The molecule has 2 aromatic carbocycles. The molecule has 1 heterocycles. The van der Waals surface area contributed by atoms with Crippen LogP contribution in [0.1, 0.15) is 28.3 Å². The van der Waals surface area contributed by atoms with Crippen molar-refractivity contribution in [2.75, 3.05) is 7.05 Å². The van der Waals surface area contributed by atoms with E-state index in [1.54, 1.807) is 0 Å². The Balaban J connectivity index is 2.18. The minimum atomic E-state index is 0.177. The second-order valence-corrected chi connectivity index (χ2v) is 5.59. The van der Waals surface area contributed by atoms with Gasteiger partial charge in [-0.1, -0.05) is 47.5 Å². The molecule has 1 unspecified atom stereocenters. The molecule has 0 amide bonds. The fourth-order valence-corrected chi connectivity index (χ4v) is 3.07. The lowest BCUT2D eigenvalue weighted by molar-refractivity contribution is 0.695. The molecule has 3 aromatic rings. The highest BCUT2D eigenvalue weighted by Gasteiger charge is 2.15. The lowest BCUT2D eigenvalue weighted by atomic mass is 9.93. The summed E-state index contributed by atoms with van der Waals surface area (Å²) in [6.07, 6.45) is 3.80. The first-order chi connectivity index (χ1) is 10.2. The van der Waals surface area contributed by atoms with E-state index in [1.807, 2.05) is 19.4 Å². The number of aromatic nitrogens is 1. The standard InChI is InChI=1S/C19H20N2/c1-13-9-14(2)11-16(10-13)19(20-3)17-6-4-5-15-7-8-21-12-18(15)17/h4-12,19-20H,1-3H3. The Bertz CT molecular complexity index is 752. The van der Waals surface area contributed by atoms with Gasteiger partial charge < -0.3 is 5.32 Å². The van der Waals surface area contributed by atoms with Crippen molar-refractivity contribution in [3.05, 3.63) is 77.1 Å². The Morgan fingerprint density at radius 1 is 1.00 bits per heavy atom. The van der Waals surface area contributed by atoms with Gasteiger partial charge >= 0.3 is 0 Å². The SMILES string of the molecule is CNC(c1cc(C)cc(C)c1)c1cccc2ccncc12. The number of hydrogen-bond acceptors (Lipinski definition) is 2. The second kappa shape index (κ2) is 5.66. The van der Waals surface area contributed by atoms with E-state index in [2.05, 4.69) is 66.6 Å². The largest absolute Gasteiger partial charge is 0.309 e. The first kappa shape index (κ1) is 13.8. The van der Waals surface area contributed by atoms with Crippen molar-refractivity contribution in [3.63, 3.8) is 0 Å². The normalized spacial score (nSPS) is 12.5. The zero-order valence-electron chi connectivity index (χ0n) is 12.7. The molecule has 21 heavy (non-hydrogen) atoms. The molecule has 2 heteroatoms. The number of benzene rings is 2. The molecule has 1 atom stereocenters. The Labute approximate surface area is 125 Å². The molecule has 0 aliphatic rings. The third kappa shape index (κ3) is 2.67. The molecule has 3 rings (SSSR count). The Kier molecular flexibility index (Phi) is 3.72. The van der Waals surface area contributed by atoms with Crippen molar-refractivity contribution < 1.29 is 0 Å². The summed E-state index contributed by atoms with van der Waals surface area (Å²) < 4.78 is 0. The highest BCUT2D eigenvalue weighted by atomic mass is 14.9. The van der Waals surface area contributed by atoms with Crippen LogP contribution in [-0.4, -0.2) is 12.0 Å². The molecule has 0 radical (unpaired) electrons. The number of rotatable bonds is 3.